The molecule has 0 aliphatic heterocycles. The molecule has 11 heavy (non-hydrogen) atoms. The Labute approximate surface area is 74.8 Å². The van der Waals surface area contributed by atoms with Crippen molar-refractivity contribution >= 4 is 23.2 Å². The van der Waals surface area contributed by atoms with E-state index in [0.717, 1.165) is 5.56 Å². The lowest BCUT2D eigenvalue weighted by molar-refractivity contribution is 0.124. The minimum absolute atomic E-state index is 0.235. The molecule has 2 N–H and O–H groups in total. The highest BCUT2D eigenvalue weighted by molar-refractivity contribution is 6.35. The summed E-state index contributed by atoms with van der Waals surface area (Å²) in [5, 5.41) is 1.14. The zero-order valence-corrected chi connectivity index (χ0v) is 7.19. The van der Waals surface area contributed by atoms with Crippen LogP contribution in [-0.4, -0.2) is 0 Å². The summed E-state index contributed by atoms with van der Waals surface area (Å²) in [5.74, 6) is 4.88. The third-order valence-corrected chi connectivity index (χ3v) is 2.00. The Morgan fingerprint density at radius 2 is 1.82 bits per heavy atom. The smallest absolute Gasteiger partial charge is 0.0958 e. The van der Waals surface area contributed by atoms with E-state index in [1.54, 1.807) is 18.2 Å². The maximum atomic E-state index is 5.79. The van der Waals surface area contributed by atoms with Gasteiger partial charge in [-0.05, 0) is 12.1 Å². The van der Waals surface area contributed by atoms with Crippen molar-refractivity contribution in [2.75, 3.05) is 0 Å². The lowest BCUT2D eigenvalue weighted by Gasteiger charge is -2.03. The van der Waals surface area contributed by atoms with Crippen LogP contribution in [0.1, 0.15) is 5.56 Å². The summed E-state index contributed by atoms with van der Waals surface area (Å²) in [6.07, 6.45) is 0. The molecule has 0 aromatic heterocycles. The van der Waals surface area contributed by atoms with E-state index in [9.17, 15) is 0 Å². The van der Waals surface area contributed by atoms with E-state index in [0.29, 0.717) is 10.0 Å². The Balaban J connectivity index is 3.00. The molecule has 1 aromatic carbocycles. The van der Waals surface area contributed by atoms with E-state index in [1.807, 2.05) is 0 Å². The fourth-order valence-corrected chi connectivity index (χ4v) is 1.26. The molecule has 0 unspecified atom stereocenters. The van der Waals surface area contributed by atoms with Gasteiger partial charge in [0.1, 0.15) is 0 Å². The highest BCUT2D eigenvalue weighted by atomic mass is 35.5. The molecule has 1 rings (SSSR count). The fourth-order valence-electron chi connectivity index (χ4n) is 0.754. The second kappa shape index (κ2) is 3.93. The SMILES string of the molecule is NOCc1c(Cl)cccc1Cl. The molecule has 0 aliphatic rings. The third-order valence-electron chi connectivity index (χ3n) is 1.29. The van der Waals surface area contributed by atoms with Crippen LogP contribution in [0.2, 0.25) is 10.0 Å². The van der Waals surface area contributed by atoms with E-state index in [-0.39, 0.29) is 6.61 Å². The molecular weight excluding hydrogens is 185 g/mol. The second-order valence-electron chi connectivity index (χ2n) is 2.01. The number of hydrogen-bond donors (Lipinski definition) is 1. The van der Waals surface area contributed by atoms with E-state index in [1.165, 1.54) is 0 Å². The Morgan fingerprint density at radius 1 is 1.27 bits per heavy atom. The van der Waals surface area contributed by atoms with Gasteiger partial charge in [-0.15, -0.1) is 0 Å². The van der Waals surface area contributed by atoms with Crippen molar-refractivity contribution in [3.63, 3.8) is 0 Å². The first-order valence-corrected chi connectivity index (χ1v) is 3.76. The quantitative estimate of drug-likeness (QED) is 0.730. The van der Waals surface area contributed by atoms with Crippen LogP contribution in [-0.2, 0) is 11.4 Å². The minimum Gasteiger partial charge on any atom is -0.300 e. The average Bonchev–Trinajstić information content (AvgIpc) is 1.97. The summed E-state index contributed by atoms with van der Waals surface area (Å²) in [5.41, 5.74) is 0.721. The van der Waals surface area contributed by atoms with Gasteiger partial charge in [-0.2, -0.15) is 0 Å². The average molecular weight is 192 g/mol. The molecule has 0 fully saturated rings. The van der Waals surface area contributed by atoms with Crippen LogP contribution in [0, 0.1) is 0 Å². The highest BCUT2D eigenvalue weighted by Gasteiger charge is 2.03. The summed E-state index contributed by atoms with van der Waals surface area (Å²) >= 11 is 11.6. The maximum Gasteiger partial charge on any atom is 0.0958 e. The van der Waals surface area contributed by atoms with Crippen molar-refractivity contribution in [2.24, 2.45) is 5.90 Å². The van der Waals surface area contributed by atoms with Crippen molar-refractivity contribution in [3.8, 4) is 0 Å². The first kappa shape index (κ1) is 8.81. The molecule has 60 valence electrons. The molecule has 0 saturated carbocycles. The molecule has 2 nitrogen and oxygen atoms in total. The van der Waals surface area contributed by atoms with Gasteiger partial charge < -0.3 is 0 Å². The zero-order chi connectivity index (χ0) is 8.27. The number of nitrogens with two attached hydrogens (primary N) is 1. The summed E-state index contributed by atoms with van der Waals surface area (Å²) in [6, 6.07) is 5.24. The molecule has 0 heterocycles. The molecule has 0 amide bonds. The molecule has 0 bridgehead atoms. The number of rotatable bonds is 2. The van der Waals surface area contributed by atoms with Crippen molar-refractivity contribution in [1.29, 1.82) is 0 Å². The van der Waals surface area contributed by atoms with Gasteiger partial charge in [-0.25, -0.2) is 5.90 Å². The molecule has 4 heteroatoms. The van der Waals surface area contributed by atoms with Crippen LogP contribution in [0.4, 0.5) is 0 Å². The van der Waals surface area contributed by atoms with E-state index < -0.39 is 0 Å². The van der Waals surface area contributed by atoms with Gasteiger partial charge in [0.2, 0.25) is 0 Å². The molecule has 0 spiro atoms. The highest BCUT2D eigenvalue weighted by Crippen LogP contribution is 2.24. The van der Waals surface area contributed by atoms with Crippen LogP contribution < -0.4 is 5.90 Å². The van der Waals surface area contributed by atoms with Gasteiger partial charge in [0.05, 0.1) is 6.61 Å². The fraction of sp³-hybridized carbons (Fsp3) is 0.143. The summed E-state index contributed by atoms with van der Waals surface area (Å²) < 4.78 is 0. The van der Waals surface area contributed by atoms with Gasteiger partial charge in [0.15, 0.2) is 0 Å². The van der Waals surface area contributed by atoms with Crippen molar-refractivity contribution < 1.29 is 4.84 Å². The Bertz CT molecular complexity index is 232. The van der Waals surface area contributed by atoms with Gasteiger partial charge in [-0.1, -0.05) is 29.3 Å². The van der Waals surface area contributed by atoms with Crippen LogP contribution >= 0.6 is 23.2 Å². The lowest BCUT2D eigenvalue weighted by atomic mass is 10.2. The molecule has 0 saturated heterocycles. The van der Waals surface area contributed by atoms with Crippen molar-refractivity contribution in [3.05, 3.63) is 33.8 Å². The number of benzene rings is 1. The van der Waals surface area contributed by atoms with Crippen LogP contribution in [0.5, 0.6) is 0 Å². The van der Waals surface area contributed by atoms with Gasteiger partial charge in [-0.3, -0.25) is 4.84 Å². The van der Waals surface area contributed by atoms with E-state index in [4.69, 9.17) is 29.1 Å². The molecule has 0 aliphatic carbocycles. The molecular formula is C7H7Cl2NO. The van der Waals surface area contributed by atoms with Gasteiger partial charge in [0.25, 0.3) is 0 Å². The van der Waals surface area contributed by atoms with Crippen molar-refractivity contribution in [2.45, 2.75) is 6.61 Å². The summed E-state index contributed by atoms with van der Waals surface area (Å²) in [6.45, 7) is 0.235. The van der Waals surface area contributed by atoms with Crippen molar-refractivity contribution in [1.82, 2.24) is 0 Å². The standard InChI is InChI=1S/C7H7Cl2NO/c8-6-2-1-3-7(9)5(6)4-11-10/h1-3H,4,10H2. The van der Waals surface area contributed by atoms with Gasteiger partial charge in [0, 0.05) is 15.6 Å². The molecule has 0 radical (unpaired) electrons. The van der Waals surface area contributed by atoms with Crippen LogP contribution in [0.25, 0.3) is 0 Å². The predicted octanol–water partition coefficient (Wildman–Crippen LogP) is 2.38. The van der Waals surface area contributed by atoms with Crippen LogP contribution in [0.15, 0.2) is 18.2 Å². The Kier molecular flexibility index (Phi) is 3.15. The van der Waals surface area contributed by atoms with E-state index >= 15 is 0 Å². The summed E-state index contributed by atoms with van der Waals surface area (Å²) in [7, 11) is 0. The lowest BCUT2D eigenvalue weighted by Crippen LogP contribution is -1.99. The summed E-state index contributed by atoms with van der Waals surface area (Å²) in [4.78, 5) is 4.42. The Morgan fingerprint density at radius 3 is 2.27 bits per heavy atom. The zero-order valence-electron chi connectivity index (χ0n) is 5.68. The molecule has 0 atom stereocenters. The minimum atomic E-state index is 0.235. The van der Waals surface area contributed by atoms with Gasteiger partial charge >= 0.3 is 0 Å². The topological polar surface area (TPSA) is 35.2 Å². The monoisotopic (exact) mass is 191 g/mol. The Hall–Kier alpha value is -0.280. The predicted molar refractivity (Wildman–Crippen MR) is 45.4 cm³/mol. The largest absolute Gasteiger partial charge is 0.300 e. The van der Waals surface area contributed by atoms with Crippen LogP contribution in [0.3, 0.4) is 0 Å². The first-order valence-electron chi connectivity index (χ1n) is 3.00. The third kappa shape index (κ3) is 2.07. The normalized spacial score (nSPS) is 10.1. The molecule has 1 aromatic rings. The number of hydrogen-bond acceptors (Lipinski definition) is 2. The maximum absolute atomic E-state index is 5.79. The second-order valence-corrected chi connectivity index (χ2v) is 2.83. The number of halogens is 2. The first-order chi connectivity index (χ1) is 5.25. The van der Waals surface area contributed by atoms with E-state index in [2.05, 4.69) is 4.84 Å².